The van der Waals surface area contributed by atoms with E-state index in [1.807, 2.05) is 33.8 Å². The fourth-order valence-electron chi connectivity index (χ4n) is 5.35. The van der Waals surface area contributed by atoms with Crippen molar-refractivity contribution in [1.82, 2.24) is 4.90 Å². The van der Waals surface area contributed by atoms with Gasteiger partial charge in [0, 0.05) is 12.5 Å². The predicted octanol–water partition coefficient (Wildman–Crippen LogP) is 3.29. The van der Waals surface area contributed by atoms with Crippen molar-refractivity contribution < 1.29 is 29.3 Å². The summed E-state index contributed by atoms with van der Waals surface area (Å²) in [6, 6.07) is 3.51. The van der Waals surface area contributed by atoms with Crippen LogP contribution in [-0.4, -0.2) is 51.3 Å². The first kappa shape index (κ1) is 25.4. The number of allylic oxidation sites excluding steroid dienone is 2. The number of rotatable bonds is 10. The van der Waals surface area contributed by atoms with E-state index in [-0.39, 0.29) is 30.9 Å². The number of imide groups is 1. The average molecular weight is 460 g/mol. The minimum absolute atomic E-state index is 0.101. The molecule has 1 aliphatic carbocycles. The molecule has 2 heterocycles. The number of carbonyl (C=O) groups is 2. The molecule has 1 aliphatic heterocycles. The van der Waals surface area contributed by atoms with E-state index in [0.717, 1.165) is 16.7 Å². The summed E-state index contributed by atoms with van der Waals surface area (Å²) in [5.74, 6) is -0.707. The first-order valence-electron chi connectivity index (χ1n) is 12.0. The van der Waals surface area contributed by atoms with E-state index in [1.54, 1.807) is 12.1 Å². The lowest BCUT2D eigenvalue weighted by atomic mass is 9.66. The maximum atomic E-state index is 13.1. The monoisotopic (exact) mass is 459 g/mol. The smallest absolute Gasteiger partial charge is 0.233 e. The summed E-state index contributed by atoms with van der Waals surface area (Å²) < 4.78 is 5.50. The number of furan rings is 1. The lowest BCUT2D eigenvalue weighted by molar-refractivity contribution is -0.140. The number of hydrogen-bond donors (Lipinski definition) is 3. The molecule has 182 valence electrons. The lowest BCUT2D eigenvalue weighted by Gasteiger charge is -2.38. The molecule has 7 nitrogen and oxygen atoms in total. The highest BCUT2D eigenvalue weighted by Gasteiger charge is 2.54. The first-order chi connectivity index (χ1) is 15.7. The van der Waals surface area contributed by atoms with Crippen molar-refractivity contribution in [3.05, 3.63) is 40.4 Å². The Hall–Kier alpha value is -2.22. The molecule has 1 aromatic heterocycles. The van der Waals surface area contributed by atoms with Gasteiger partial charge in [-0.2, -0.15) is 0 Å². The van der Waals surface area contributed by atoms with E-state index in [9.17, 15) is 19.8 Å². The highest BCUT2D eigenvalue weighted by Crippen LogP contribution is 2.47. The van der Waals surface area contributed by atoms with Crippen molar-refractivity contribution in [2.45, 2.75) is 66.1 Å². The second-order valence-electron chi connectivity index (χ2n) is 9.60. The first-order valence-corrected chi connectivity index (χ1v) is 12.0. The summed E-state index contributed by atoms with van der Waals surface area (Å²) >= 11 is 0. The SMILES string of the molecule is CCCN1C(=O)[C@@H]2[C@@H](CC(C(C)C)=C([C@H](O)CC/C(C)=C/c3ccc(CO)o3)[C@@H]2CO)C1=O. The molecule has 33 heavy (non-hydrogen) atoms. The van der Waals surface area contributed by atoms with Gasteiger partial charge in [-0.3, -0.25) is 14.5 Å². The van der Waals surface area contributed by atoms with E-state index in [4.69, 9.17) is 9.52 Å². The van der Waals surface area contributed by atoms with Gasteiger partial charge in [0.15, 0.2) is 0 Å². The van der Waals surface area contributed by atoms with Gasteiger partial charge in [0.1, 0.15) is 18.1 Å². The average Bonchev–Trinajstić information content (AvgIpc) is 3.34. The molecule has 0 unspecified atom stereocenters. The summed E-state index contributed by atoms with van der Waals surface area (Å²) in [4.78, 5) is 27.4. The van der Waals surface area contributed by atoms with Crippen molar-refractivity contribution in [3.63, 3.8) is 0 Å². The maximum Gasteiger partial charge on any atom is 0.233 e. The van der Waals surface area contributed by atoms with E-state index < -0.39 is 23.9 Å². The van der Waals surface area contributed by atoms with Crippen molar-refractivity contribution in [2.75, 3.05) is 13.2 Å². The van der Waals surface area contributed by atoms with Gasteiger partial charge in [0.25, 0.3) is 0 Å². The zero-order chi connectivity index (χ0) is 24.3. The summed E-state index contributed by atoms with van der Waals surface area (Å²) in [6.07, 6.45) is 3.27. The quantitative estimate of drug-likeness (QED) is 0.366. The molecule has 0 saturated carbocycles. The van der Waals surface area contributed by atoms with Crippen LogP contribution >= 0.6 is 0 Å². The van der Waals surface area contributed by atoms with Crippen LogP contribution in [0.3, 0.4) is 0 Å². The van der Waals surface area contributed by atoms with Crippen LogP contribution in [0.5, 0.6) is 0 Å². The minimum Gasteiger partial charge on any atom is -0.459 e. The van der Waals surface area contributed by atoms with Crippen molar-refractivity contribution in [2.24, 2.45) is 23.7 Å². The molecule has 1 fully saturated rings. The molecule has 4 atom stereocenters. The molecule has 0 aromatic carbocycles. The second-order valence-corrected chi connectivity index (χ2v) is 9.60. The van der Waals surface area contributed by atoms with Crippen LogP contribution in [0.15, 0.2) is 33.3 Å². The lowest BCUT2D eigenvalue weighted by Crippen LogP contribution is -2.39. The molecule has 3 rings (SSSR count). The molecule has 2 amide bonds. The zero-order valence-corrected chi connectivity index (χ0v) is 20.1. The van der Waals surface area contributed by atoms with E-state index in [1.165, 1.54) is 4.90 Å². The third kappa shape index (κ3) is 5.15. The summed E-state index contributed by atoms with van der Waals surface area (Å²) in [7, 11) is 0. The van der Waals surface area contributed by atoms with E-state index in [0.29, 0.717) is 43.7 Å². The number of hydrogen-bond acceptors (Lipinski definition) is 6. The highest BCUT2D eigenvalue weighted by molar-refractivity contribution is 6.05. The zero-order valence-electron chi connectivity index (χ0n) is 20.1. The Labute approximate surface area is 195 Å². The molecule has 7 heteroatoms. The molecule has 2 aliphatic rings. The Kier molecular flexibility index (Phi) is 8.32. The van der Waals surface area contributed by atoms with Crippen LogP contribution in [0.2, 0.25) is 0 Å². The number of carbonyl (C=O) groups excluding carboxylic acids is 2. The van der Waals surface area contributed by atoms with Crippen LogP contribution in [0.1, 0.15) is 64.9 Å². The Bertz CT molecular complexity index is 927. The number of likely N-dealkylation sites (tertiary alicyclic amines) is 1. The van der Waals surface area contributed by atoms with Crippen LogP contribution in [0, 0.1) is 23.7 Å². The third-order valence-corrected chi connectivity index (χ3v) is 6.95. The Morgan fingerprint density at radius 3 is 2.55 bits per heavy atom. The molecular formula is C26H37NO6. The molecular weight excluding hydrogens is 422 g/mol. The van der Waals surface area contributed by atoms with Crippen LogP contribution in [0.4, 0.5) is 0 Å². The molecule has 0 radical (unpaired) electrons. The van der Waals surface area contributed by atoms with E-state index >= 15 is 0 Å². The van der Waals surface area contributed by atoms with Crippen molar-refractivity contribution in [3.8, 4) is 0 Å². The van der Waals surface area contributed by atoms with Crippen LogP contribution < -0.4 is 0 Å². The molecule has 3 N–H and O–H groups in total. The van der Waals surface area contributed by atoms with Gasteiger partial charge < -0.3 is 19.7 Å². The minimum atomic E-state index is -0.809. The van der Waals surface area contributed by atoms with Gasteiger partial charge in [-0.1, -0.05) is 31.9 Å². The highest BCUT2D eigenvalue weighted by atomic mass is 16.4. The predicted molar refractivity (Wildman–Crippen MR) is 125 cm³/mol. The van der Waals surface area contributed by atoms with Gasteiger partial charge in [0.2, 0.25) is 11.8 Å². The number of aliphatic hydroxyl groups is 3. The van der Waals surface area contributed by atoms with Crippen LogP contribution in [0.25, 0.3) is 6.08 Å². The van der Waals surface area contributed by atoms with Crippen LogP contribution in [-0.2, 0) is 16.2 Å². The Balaban J connectivity index is 1.82. The summed E-state index contributed by atoms with van der Waals surface area (Å²) in [6.45, 7) is 7.92. The molecule has 1 saturated heterocycles. The fraction of sp³-hybridized carbons (Fsp3) is 0.615. The fourth-order valence-corrected chi connectivity index (χ4v) is 5.35. The number of nitrogens with zero attached hydrogens (tertiary/aromatic N) is 1. The van der Waals surface area contributed by atoms with E-state index in [2.05, 4.69) is 0 Å². The van der Waals surface area contributed by atoms with Gasteiger partial charge in [-0.25, -0.2) is 0 Å². The largest absolute Gasteiger partial charge is 0.459 e. The molecule has 1 aromatic rings. The topological polar surface area (TPSA) is 111 Å². The summed E-state index contributed by atoms with van der Waals surface area (Å²) in [5.41, 5.74) is 2.74. The normalized spacial score (nSPS) is 24.8. The van der Waals surface area contributed by atoms with Gasteiger partial charge in [-0.15, -0.1) is 0 Å². The Morgan fingerprint density at radius 2 is 1.97 bits per heavy atom. The number of amides is 2. The number of aliphatic hydroxyl groups excluding tert-OH is 3. The maximum absolute atomic E-state index is 13.1. The van der Waals surface area contributed by atoms with Gasteiger partial charge in [-0.05, 0) is 62.3 Å². The Morgan fingerprint density at radius 1 is 1.24 bits per heavy atom. The molecule has 0 bridgehead atoms. The van der Waals surface area contributed by atoms with Crippen molar-refractivity contribution >= 4 is 17.9 Å². The standard InChI is InChI=1S/C26H37NO6/c1-5-10-27-25(31)20-12-19(15(2)3)23(21(14-29)24(20)26(27)32)22(30)9-6-16(4)11-17-7-8-18(13-28)33-17/h7-8,11,15,20-22,24,28-30H,5-6,9-10,12-14H2,1-4H3/b16-11+/t20-,21+,22-,24-/m1/s1. The third-order valence-electron chi connectivity index (χ3n) is 6.95. The summed E-state index contributed by atoms with van der Waals surface area (Å²) in [5, 5.41) is 30.7. The van der Waals surface area contributed by atoms with Crippen molar-refractivity contribution in [1.29, 1.82) is 0 Å². The number of fused-ring (bicyclic) bond motifs is 1. The van der Waals surface area contributed by atoms with Gasteiger partial charge in [0.05, 0.1) is 24.5 Å². The molecule has 0 spiro atoms. The second kappa shape index (κ2) is 10.8. The van der Waals surface area contributed by atoms with Gasteiger partial charge >= 0.3 is 0 Å².